The molecule has 0 bridgehead atoms. The minimum atomic E-state index is 0.307. The fourth-order valence-electron chi connectivity index (χ4n) is 4.18. The number of amides is 1. The normalized spacial score (nSPS) is 26.6. The molecule has 1 spiro atoms. The van der Waals surface area contributed by atoms with Gasteiger partial charge in [-0.3, -0.25) is 4.79 Å². The number of hydrogen-bond acceptors (Lipinski definition) is 2. The van der Waals surface area contributed by atoms with Gasteiger partial charge in [0.25, 0.3) is 0 Å². The van der Waals surface area contributed by atoms with E-state index in [-0.39, 0.29) is 0 Å². The van der Waals surface area contributed by atoms with Crippen LogP contribution in [-0.4, -0.2) is 37.0 Å². The van der Waals surface area contributed by atoms with E-state index in [2.05, 4.69) is 40.6 Å². The molecule has 3 aliphatic rings. The van der Waals surface area contributed by atoms with Crippen molar-refractivity contribution >= 4 is 11.5 Å². The third-order valence-corrected chi connectivity index (χ3v) is 5.75. The van der Waals surface area contributed by atoms with E-state index in [1.165, 1.54) is 24.0 Å². The van der Waals surface area contributed by atoms with E-state index in [9.17, 15) is 4.79 Å². The number of nitrogens with zero attached hydrogens (tertiary/aromatic N) is 1. The van der Waals surface area contributed by atoms with E-state index in [0.29, 0.717) is 17.2 Å². The van der Waals surface area contributed by atoms with Crippen molar-refractivity contribution in [1.82, 2.24) is 10.2 Å². The predicted octanol–water partition coefficient (Wildman–Crippen LogP) is 2.69. The highest BCUT2D eigenvalue weighted by Gasteiger charge is 2.58. The molecule has 1 aromatic carbocycles. The smallest absolute Gasteiger partial charge is 0.226 e. The lowest BCUT2D eigenvalue weighted by Crippen LogP contribution is -2.38. The first kappa shape index (κ1) is 14.0. The molecular formula is C19H24N2O. The van der Waals surface area contributed by atoms with Gasteiger partial charge in [-0.2, -0.15) is 0 Å². The summed E-state index contributed by atoms with van der Waals surface area (Å²) in [6, 6.07) is 10.5. The summed E-state index contributed by atoms with van der Waals surface area (Å²) >= 11 is 0. The van der Waals surface area contributed by atoms with Gasteiger partial charge in [0.05, 0.1) is 0 Å². The lowest BCUT2D eigenvalue weighted by molar-refractivity contribution is -0.133. The Labute approximate surface area is 132 Å². The summed E-state index contributed by atoms with van der Waals surface area (Å²) in [5.41, 5.74) is 3.04. The third-order valence-electron chi connectivity index (χ3n) is 5.75. The number of carbonyl (C=O) groups excluding carboxylic acids is 1. The first-order valence-electron chi connectivity index (χ1n) is 8.52. The molecule has 0 unspecified atom stereocenters. The standard InChI is InChI=1S/C19H24N2O/c22-18(17-14-19(17)8-10-20-11-9-19)21-12-6-16(7-13-21)15-4-2-1-3-5-15/h1-6,17,20H,7-14H2/t17-/m0/s1. The van der Waals surface area contributed by atoms with Crippen LogP contribution in [0.25, 0.3) is 5.57 Å². The van der Waals surface area contributed by atoms with Gasteiger partial charge in [-0.1, -0.05) is 36.4 Å². The van der Waals surface area contributed by atoms with Gasteiger partial charge in [0.2, 0.25) is 5.91 Å². The Morgan fingerprint density at radius 3 is 2.64 bits per heavy atom. The van der Waals surface area contributed by atoms with Crippen molar-refractivity contribution in [1.29, 1.82) is 0 Å². The van der Waals surface area contributed by atoms with Crippen LogP contribution in [0.4, 0.5) is 0 Å². The van der Waals surface area contributed by atoms with Crippen molar-refractivity contribution in [3.05, 3.63) is 42.0 Å². The van der Waals surface area contributed by atoms with Crippen LogP contribution in [0.1, 0.15) is 31.2 Å². The average molecular weight is 296 g/mol. The molecule has 1 saturated heterocycles. The molecule has 1 aliphatic carbocycles. The second-order valence-corrected chi connectivity index (χ2v) is 7.00. The number of benzene rings is 1. The van der Waals surface area contributed by atoms with E-state index in [4.69, 9.17) is 0 Å². The lowest BCUT2D eigenvalue weighted by atomic mass is 9.91. The Bertz CT molecular complexity index is 587. The van der Waals surface area contributed by atoms with Crippen LogP contribution < -0.4 is 5.32 Å². The molecular weight excluding hydrogens is 272 g/mol. The zero-order valence-electron chi connectivity index (χ0n) is 13.1. The molecule has 1 amide bonds. The maximum Gasteiger partial charge on any atom is 0.226 e. The maximum atomic E-state index is 12.8. The highest BCUT2D eigenvalue weighted by atomic mass is 16.2. The van der Waals surface area contributed by atoms with Gasteiger partial charge in [-0.15, -0.1) is 0 Å². The van der Waals surface area contributed by atoms with E-state index in [1.807, 2.05) is 6.07 Å². The van der Waals surface area contributed by atoms with Crippen molar-refractivity contribution in [2.24, 2.45) is 11.3 Å². The Kier molecular flexibility index (Phi) is 3.53. The summed E-state index contributed by atoms with van der Waals surface area (Å²) < 4.78 is 0. The minimum absolute atomic E-state index is 0.307. The highest BCUT2D eigenvalue weighted by Crippen LogP contribution is 2.59. The number of rotatable bonds is 2. The fraction of sp³-hybridized carbons (Fsp3) is 0.526. The monoisotopic (exact) mass is 296 g/mol. The van der Waals surface area contributed by atoms with E-state index in [0.717, 1.165) is 39.0 Å². The molecule has 1 saturated carbocycles. The molecule has 22 heavy (non-hydrogen) atoms. The number of piperidine rings is 1. The molecule has 3 heteroatoms. The Hall–Kier alpha value is -1.61. The second kappa shape index (κ2) is 5.54. The first-order chi connectivity index (χ1) is 10.8. The molecule has 3 nitrogen and oxygen atoms in total. The van der Waals surface area contributed by atoms with Gasteiger partial charge < -0.3 is 10.2 Å². The largest absolute Gasteiger partial charge is 0.338 e. The van der Waals surface area contributed by atoms with Crippen molar-refractivity contribution in [2.75, 3.05) is 26.2 Å². The van der Waals surface area contributed by atoms with Crippen LogP contribution in [-0.2, 0) is 4.79 Å². The zero-order valence-corrected chi connectivity index (χ0v) is 13.1. The van der Waals surface area contributed by atoms with Gasteiger partial charge in [0, 0.05) is 19.0 Å². The van der Waals surface area contributed by atoms with E-state index >= 15 is 0 Å². The van der Waals surface area contributed by atoms with Crippen molar-refractivity contribution in [3.63, 3.8) is 0 Å². The van der Waals surface area contributed by atoms with Gasteiger partial charge in [0.1, 0.15) is 0 Å². The lowest BCUT2D eigenvalue weighted by Gasteiger charge is -2.29. The third kappa shape index (κ3) is 2.48. The van der Waals surface area contributed by atoms with E-state index < -0.39 is 0 Å². The summed E-state index contributed by atoms with van der Waals surface area (Å²) in [5.74, 6) is 0.714. The summed E-state index contributed by atoms with van der Waals surface area (Å²) in [6.07, 6.45) is 6.72. The van der Waals surface area contributed by atoms with Crippen LogP contribution >= 0.6 is 0 Å². The van der Waals surface area contributed by atoms with Crippen LogP contribution in [0.5, 0.6) is 0 Å². The van der Waals surface area contributed by atoms with Gasteiger partial charge in [-0.25, -0.2) is 0 Å². The second-order valence-electron chi connectivity index (χ2n) is 7.00. The highest BCUT2D eigenvalue weighted by molar-refractivity contribution is 5.84. The van der Waals surface area contributed by atoms with Crippen LogP contribution in [0.15, 0.2) is 36.4 Å². The summed E-state index contributed by atoms with van der Waals surface area (Å²) in [7, 11) is 0. The van der Waals surface area contributed by atoms with Crippen LogP contribution in [0, 0.1) is 11.3 Å². The Morgan fingerprint density at radius 1 is 1.18 bits per heavy atom. The minimum Gasteiger partial charge on any atom is -0.338 e. The maximum absolute atomic E-state index is 12.8. The molecule has 116 valence electrons. The molecule has 1 aromatic rings. The van der Waals surface area contributed by atoms with Gasteiger partial charge in [-0.05, 0) is 55.3 Å². The van der Waals surface area contributed by atoms with Gasteiger partial charge in [0.15, 0.2) is 0 Å². The molecule has 1 atom stereocenters. The number of carbonyl (C=O) groups is 1. The fourth-order valence-corrected chi connectivity index (χ4v) is 4.18. The molecule has 1 N–H and O–H groups in total. The van der Waals surface area contributed by atoms with E-state index in [1.54, 1.807) is 0 Å². The summed E-state index contributed by atoms with van der Waals surface area (Å²) in [4.78, 5) is 14.8. The van der Waals surface area contributed by atoms with Crippen molar-refractivity contribution in [3.8, 4) is 0 Å². The van der Waals surface area contributed by atoms with Crippen LogP contribution in [0.2, 0.25) is 0 Å². The Morgan fingerprint density at radius 2 is 1.95 bits per heavy atom. The summed E-state index contributed by atoms with van der Waals surface area (Å²) in [5, 5.41) is 3.41. The summed E-state index contributed by atoms with van der Waals surface area (Å²) in [6.45, 7) is 3.84. The van der Waals surface area contributed by atoms with Crippen molar-refractivity contribution in [2.45, 2.75) is 25.7 Å². The molecule has 2 aliphatic heterocycles. The molecule has 2 heterocycles. The quantitative estimate of drug-likeness (QED) is 0.910. The molecule has 0 aromatic heterocycles. The van der Waals surface area contributed by atoms with Crippen LogP contribution in [0.3, 0.4) is 0 Å². The first-order valence-corrected chi connectivity index (χ1v) is 8.52. The zero-order chi connectivity index (χ0) is 15.0. The van der Waals surface area contributed by atoms with Gasteiger partial charge >= 0.3 is 0 Å². The number of hydrogen-bond donors (Lipinski definition) is 1. The topological polar surface area (TPSA) is 32.3 Å². The molecule has 2 fully saturated rings. The molecule has 4 rings (SSSR count). The predicted molar refractivity (Wildman–Crippen MR) is 88.3 cm³/mol. The molecule has 0 radical (unpaired) electrons. The van der Waals surface area contributed by atoms with Crippen molar-refractivity contribution < 1.29 is 4.79 Å². The number of nitrogens with one attached hydrogen (secondary N) is 1. The Balaban J connectivity index is 1.39. The average Bonchev–Trinajstić information content (AvgIpc) is 3.29. The SMILES string of the molecule is O=C([C@@H]1CC12CCNCC2)N1CC=C(c2ccccc2)CC1.